The maximum Gasteiger partial charge on any atom is 0.0938 e. The SMILES string of the molecule is CCCC1NC(C)=NC1C. The number of nitrogens with one attached hydrogen (secondary N) is 1. The average molecular weight is 140 g/mol. The second-order valence-electron chi connectivity index (χ2n) is 2.99. The van der Waals surface area contributed by atoms with Crippen molar-refractivity contribution in [1.82, 2.24) is 5.32 Å². The standard InChI is InChI=1S/C8H16N2/c1-4-5-8-6(2)9-7(3)10-8/h6,8H,4-5H2,1-3H3,(H,9,10). The molecule has 0 spiro atoms. The van der Waals surface area contributed by atoms with Crippen LogP contribution in [0.3, 0.4) is 0 Å². The highest BCUT2D eigenvalue weighted by Gasteiger charge is 2.20. The van der Waals surface area contributed by atoms with Gasteiger partial charge in [-0.3, -0.25) is 4.99 Å². The Kier molecular flexibility index (Phi) is 2.30. The molecule has 0 bridgehead atoms. The Bertz CT molecular complexity index is 140. The molecule has 0 aromatic carbocycles. The number of nitrogens with zero attached hydrogens (tertiary/aromatic N) is 1. The quantitative estimate of drug-likeness (QED) is 0.618. The Morgan fingerprint density at radius 3 is 2.70 bits per heavy atom. The van der Waals surface area contributed by atoms with Gasteiger partial charge in [0.1, 0.15) is 0 Å². The van der Waals surface area contributed by atoms with Crippen molar-refractivity contribution < 1.29 is 0 Å². The van der Waals surface area contributed by atoms with E-state index in [0.717, 1.165) is 5.84 Å². The topological polar surface area (TPSA) is 24.4 Å². The summed E-state index contributed by atoms with van der Waals surface area (Å²) >= 11 is 0. The first-order valence-electron chi connectivity index (χ1n) is 4.05. The Morgan fingerprint density at radius 2 is 2.30 bits per heavy atom. The van der Waals surface area contributed by atoms with E-state index in [0.29, 0.717) is 12.1 Å². The van der Waals surface area contributed by atoms with Crippen LogP contribution in [-0.4, -0.2) is 17.9 Å². The van der Waals surface area contributed by atoms with Gasteiger partial charge in [-0.15, -0.1) is 0 Å². The van der Waals surface area contributed by atoms with Crippen molar-refractivity contribution >= 4 is 5.84 Å². The Labute approximate surface area is 62.7 Å². The van der Waals surface area contributed by atoms with E-state index in [9.17, 15) is 0 Å². The average Bonchev–Trinajstić information content (AvgIpc) is 2.13. The minimum Gasteiger partial charge on any atom is -0.369 e. The van der Waals surface area contributed by atoms with Crippen LogP contribution in [0.15, 0.2) is 4.99 Å². The third kappa shape index (κ3) is 1.49. The minimum atomic E-state index is 0.486. The first-order valence-corrected chi connectivity index (χ1v) is 4.05. The summed E-state index contributed by atoms with van der Waals surface area (Å²) in [7, 11) is 0. The van der Waals surface area contributed by atoms with Gasteiger partial charge in [0.2, 0.25) is 0 Å². The third-order valence-electron chi connectivity index (χ3n) is 1.97. The van der Waals surface area contributed by atoms with E-state index in [1.807, 2.05) is 6.92 Å². The first kappa shape index (κ1) is 7.58. The molecule has 2 heteroatoms. The summed E-state index contributed by atoms with van der Waals surface area (Å²) in [5.74, 6) is 1.10. The van der Waals surface area contributed by atoms with Gasteiger partial charge in [0, 0.05) is 6.04 Å². The highest BCUT2D eigenvalue weighted by molar-refractivity contribution is 5.81. The zero-order valence-electron chi connectivity index (χ0n) is 7.02. The number of amidine groups is 1. The van der Waals surface area contributed by atoms with Crippen molar-refractivity contribution in [3.63, 3.8) is 0 Å². The van der Waals surface area contributed by atoms with Crippen LogP contribution in [0, 0.1) is 0 Å². The summed E-state index contributed by atoms with van der Waals surface area (Å²) in [4.78, 5) is 4.39. The number of rotatable bonds is 2. The third-order valence-corrected chi connectivity index (χ3v) is 1.97. The van der Waals surface area contributed by atoms with Crippen molar-refractivity contribution in [1.29, 1.82) is 0 Å². The maximum absolute atomic E-state index is 4.39. The molecule has 1 aliphatic heterocycles. The summed E-state index contributed by atoms with van der Waals surface area (Å²) in [5.41, 5.74) is 0. The molecule has 2 unspecified atom stereocenters. The van der Waals surface area contributed by atoms with Crippen molar-refractivity contribution in [3.05, 3.63) is 0 Å². The van der Waals surface area contributed by atoms with Crippen molar-refractivity contribution in [3.8, 4) is 0 Å². The van der Waals surface area contributed by atoms with Gasteiger partial charge in [0.05, 0.1) is 11.9 Å². The van der Waals surface area contributed by atoms with Crippen molar-refractivity contribution in [2.24, 2.45) is 4.99 Å². The van der Waals surface area contributed by atoms with Gasteiger partial charge >= 0.3 is 0 Å². The van der Waals surface area contributed by atoms with Crippen LogP contribution in [0.4, 0.5) is 0 Å². The maximum atomic E-state index is 4.39. The fraction of sp³-hybridized carbons (Fsp3) is 0.875. The van der Waals surface area contributed by atoms with Gasteiger partial charge < -0.3 is 5.32 Å². The van der Waals surface area contributed by atoms with Crippen LogP contribution >= 0.6 is 0 Å². The molecule has 0 aliphatic carbocycles. The highest BCUT2D eigenvalue weighted by atomic mass is 15.1. The van der Waals surface area contributed by atoms with E-state index in [-0.39, 0.29) is 0 Å². The summed E-state index contributed by atoms with van der Waals surface area (Å²) in [6.45, 7) is 6.41. The second kappa shape index (κ2) is 3.04. The zero-order valence-corrected chi connectivity index (χ0v) is 7.02. The molecule has 0 aromatic heterocycles. The Balaban J connectivity index is 2.39. The lowest BCUT2D eigenvalue weighted by atomic mass is 10.1. The molecule has 1 rings (SSSR count). The normalized spacial score (nSPS) is 31.7. The van der Waals surface area contributed by atoms with Crippen LogP contribution < -0.4 is 5.32 Å². The molecular formula is C8H16N2. The molecule has 2 nitrogen and oxygen atoms in total. The van der Waals surface area contributed by atoms with E-state index < -0.39 is 0 Å². The lowest BCUT2D eigenvalue weighted by molar-refractivity contribution is 0.511. The molecule has 1 heterocycles. The largest absolute Gasteiger partial charge is 0.369 e. The molecule has 0 fully saturated rings. The lowest BCUT2D eigenvalue weighted by Crippen LogP contribution is -2.32. The summed E-state index contributed by atoms with van der Waals surface area (Å²) in [5, 5.41) is 3.35. The fourth-order valence-electron chi connectivity index (χ4n) is 1.45. The van der Waals surface area contributed by atoms with E-state index in [2.05, 4.69) is 24.2 Å². The van der Waals surface area contributed by atoms with Crippen LogP contribution in [0.5, 0.6) is 0 Å². The minimum absolute atomic E-state index is 0.486. The molecule has 58 valence electrons. The predicted molar refractivity (Wildman–Crippen MR) is 44.4 cm³/mol. The van der Waals surface area contributed by atoms with Crippen LogP contribution in [0.25, 0.3) is 0 Å². The molecule has 0 saturated carbocycles. The van der Waals surface area contributed by atoms with Crippen molar-refractivity contribution in [2.75, 3.05) is 0 Å². The number of aliphatic imine (C=N–C) groups is 1. The summed E-state index contributed by atoms with van der Waals surface area (Å²) in [6.07, 6.45) is 2.48. The first-order chi connectivity index (χ1) is 4.74. The van der Waals surface area contributed by atoms with Crippen LogP contribution in [-0.2, 0) is 0 Å². The fourth-order valence-corrected chi connectivity index (χ4v) is 1.45. The van der Waals surface area contributed by atoms with Gasteiger partial charge in [0.15, 0.2) is 0 Å². The predicted octanol–water partition coefficient (Wildman–Crippen LogP) is 1.57. The van der Waals surface area contributed by atoms with Crippen LogP contribution in [0.1, 0.15) is 33.6 Å². The van der Waals surface area contributed by atoms with Crippen molar-refractivity contribution in [2.45, 2.75) is 45.7 Å². The summed E-state index contributed by atoms with van der Waals surface area (Å²) in [6, 6.07) is 1.09. The molecule has 1 N–H and O–H groups in total. The molecule has 0 radical (unpaired) electrons. The van der Waals surface area contributed by atoms with E-state index in [4.69, 9.17) is 0 Å². The van der Waals surface area contributed by atoms with E-state index in [1.165, 1.54) is 12.8 Å². The summed E-state index contributed by atoms with van der Waals surface area (Å²) < 4.78 is 0. The van der Waals surface area contributed by atoms with Gasteiger partial charge in [-0.25, -0.2) is 0 Å². The molecular weight excluding hydrogens is 124 g/mol. The molecule has 0 aromatic rings. The van der Waals surface area contributed by atoms with Crippen LogP contribution in [0.2, 0.25) is 0 Å². The molecule has 2 atom stereocenters. The highest BCUT2D eigenvalue weighted by Crippen LogP contribution is 2.10. The van der Waals surface area contributed by atoms with Gasteiger partial charge in [-0.1, -0.05) is 13.3 Å². The molecule has 1 aliphatic rings. The van der Waals surface area contributed by atoms with E-state index >= 15 is 0 Å². The molecule has 0 amide bonds. The monoisotopic (exact) mass is 140 g/mol. The van der Waals surface area contributed by atoms with E-state index in [1.54, 1.807) is 0 Å². The van der Waals surface area contributed by atoms with Gasteiger partial charge in [-0.05, 0) is 20.3 Å². The lowest BCUT2D eigenvalue weighted by Gasteiger charge is -2.13. The second-order valence-corrected chi connectivity index (χ2v) is 2.99. The molecule has 10 heavy (non-hydrogen) atoms. The Morgan fingerprint density at radius 1 is 1.60 bits per heavy atom. The smallest absolute Gasteiger partial charge is 0.0938 e. The number of hydrogen-bond donors (Lipinski definition) is 1. The number of hydrogen-bond acceptors (Lipinski definition) is 2. The molecule has 0 saturated heterocycles. The van der Waals surface area contributed by atoms with Gasteiger partial charge in [-0.2, -0.15) is 0 Å². The Hall–Kier alpha value is -0.530. The van der Waals surface area contributed by atoms with Gasteiger partial charge in [0.25, 0.3) is 0 Å². The zero-order chi connectivity index (χ0) is 7.56.